The molecule has 114 valence electrons. The molecule has 1 fully saturated rings. The number of hydrogen-bond donors (Lipinski definition) is 1. The van der Waals surface area contributed by atoms with Gasteiger partial charge >= 0.3 is 0 Å². The minimum atomic E-state index is 0.343. The van der Waals surface area contributed by atoms with E-state index in [9.17, 15) is 0 Å². The summed E-state index contributed by atoms with van der Waals surface area (Å²) in [7, 11) is 0. The van der Waals surface area contributed by atoms with E-state index in [2.05, 4.69) is 34.9 Å². The fourth-order valence-electron chi connectivity index (χ4n) is 3.03. The maximum Gasteiger partial charge on any atom is 0.171 e. The van der Waals surface area contributed by atoms with Crippen molar-refractivity contribution in [2.75, 3.05) is 0 Å². The summed E-state index contributed by atoms with van der Waals surface area (Å²) in [6, 6.07) is 7.76. The lowest BCUT2D eigenvalue weighted by Crippen LogP contribution is -2.04. The van der Waals surface area contributed by atoms with E-state index >= 15 is 0 Å². The normalized spacial score (nSPS) is 25.0. The Morgan fingerprint density at radius 2 is 2.36 bits per heavy atom. The summed E-state index contributed by atoms with van der Waals surface area (Å²) in [4.78, 5) is 4.51. The van der Waals surface area contributed by atoms with Crippen molar-refractivity contribution in [2.24, 2.45) is 22.1 Å². The highest BCUT2D eigenvalue weighted by atomic mass is 15.5. The molecule has 5 nitrogen and oxygen atoms in total. The number of fused-ring (bicyclic) bond motifs is 1. The first kappa shape index (κ1) is 14.5. The molecule has 0 radical (unpaired) electrons. The third kappa shape index (κ3) is 2.43. The second kappa shape index (κ2) is 5.75. The van der Waals surface area contributed by atoms with Gasteiger partial charge in [-0.2, -0.15) is 4.68 Å². The summed E-state index contributed by atoms with van der Waals surface area (Å²) >= 11 is 0. The number of rotatable bonds is 6. The average molecular weight is 295 g/mol. The zero-order valence-electron chi connectivity index (χ0n) is 12.8. The van der Waals surface area contributed by atoms with Crippen molar-refractivity contribution in [1.29, 1.82) is 0 Å². The highest BCUT2D eigenvalue weighted by Crippen LogP contribution is 2.57. The molecule has 1 heterocycles. The van der Waals surface area contributed by atoms with E-state index in [0.29, 0.717) is 17.2 Å². The van der Waals surface area contributed by atoms with Gasteiger partial charge in [-0.3, -0.25) is 0 Å². The summed E-state index contributed by atoms with van der Waals surface area (Å²) in [5.41, 5.74) is 7.80. The third-order valence-electron chi connectivity index (χ3n) is 4.68. The first-order chi connectivity index (χ1) is 10.7. The Labute approximate surface area is 130 Å². The van der Waals surface area contributed by atoms with Crippen LogP contribution in [0.3, 0.4) is 0 Å². The summed E-state index contributed by atoms with van der Waals surface area (Å²) in [5, 5.41) is 8.26. The quantitative estimate of drug-likeness (QED) is 0.657. The van der Waals surface area contributed by atoms with Gasteiger partial charge in [0.2, 0.25) is 0 Å². The van der Waals surface area contributed by atoms with Crippen molar-refractivity contribution in [3.8, 4) is 0 Å². The van der Waals surface area contributed by atoms with Gasteiger partial charge in [-0.25, -0.2) is 4.99 Å². The number of aliphatic imine (C=N–C) groups is 1. The van der Waals surface area contributed by atoms with Crippen LogP contribution in [0.2, 0.25) is 0 Å². The smallest absolute Gasteiger partial charge is 0.171 e. The van der Waals surface area contributed by atoms with Gasteiger partial charge in [0.25, 0.3) is 0 Å². The van der Waals surface area contributed by atoms with Crippen LogP contribution >= 0.6 is 0 Å². The molecule has 0 saturated heterocycles. The molecule has 1 aromatic heterocycles. The first-order valence-corrected chi connectivity index (χ1v) is 7.62. The Hall–Kier alpha value is -2.43. The van der Waals surface area contributed by atoms with Crippen molar-refractivity contribution in [2.45, 2.75) is 26.2 Å². The van der Waals surface area contributed by atoms with Gasteiger partial charge in [-0.15, -0.1) is 11.7 Å². The molecule has 2 N–H and O–H groups in total. The van der Waals surface area contributed by atoms with Gasteiger partial charge in [-0.1, -0.05) is 30.3 Å². The van der Waals surface area contributed by atoms with Gasteiger partial charge in [0.05, 0.1) is 5.52 Å². The maximum absolute atomic E-state index is 5.73. The highest BCUT2D eigenvalue weighted by molar-refractivity contribution is 5.78. The van der Waals surface area contributed by atoms with Crippen LogP contribution in [0.5, 0.6) is 0 Å². The lowest BCUT2D eigenvalue weighted by molar-refractivity contribution is 0.488. The van der Waals surface area contributed by atoms with E-state index in [1.165, 1.54) is 12.6 Å². The van der Waals surface area contributed by atoms with Crippen LogP contribution in [-0.2, 0) is 0 Å². The number of benzene rings is 1. The first-order valence-electron chi connectivity index (χ1n) is 7.62. The molecule has 2 aromatic rings. The molecule has 1 aliphatic rings. The van der Waals surface area contributed by atoms with Gasteiger partial charge in [0.15, 0.2) is 5.82 Å². The zero-order valence-corrected chi connectivity index (χ0v) is 12.8. The molecule has 2 unspecified atom stereocenters. The summed E-state index contributed by atoms with van der Waals surface area (Å²) in [5.74, 6) is 1.21. The number of para-hydroxylation sites is 1. The van der Waals surface area contributed by atoms with Crippen molar-refractivity contribution < 1.29 is 0 Å². The zero-order chi connectivity index (χ0) is 15.6. The standard InChI is InChI=1S/C17H21N5/c1-3-13-11-17(13,4-2)9-10-19-16(12-18)22-15-8-6-5-7-14(15)20-21-22/h3,5-8,10,12-13H,1,4,9,11,18H2,2H3/b16-12+,19-10?. The minimum absolute atomic E-state index is 0.343. The van der Waals surface area contributed by atoms with Gasteiger partial charge in [0.1, 0.15) is 5.52 Å². The lowest BCUT2D eigenvalue weighted by atomic mass is 9.96. The fourth-order valence-corrected chi connectivity index (χ4v) is 3.03. The highest BCUT2D eigenvalue weighted by Gasteiger charge is 2.49. The predicted octanol–water partition coefficient (Wildman–Crippen LogP) is 3.21. The Balaban J connectivity index is 1.78. The molecular formula is C17H21N5. The molecule has 1 aromatic carbocycles. The molecule has 5 heteroatoms. The van der Waals surface area contributed by atoms with E-state index in [0.717, 1.165) is 23.9 Å². The summed E-state index contributed by atoms with van der Waals surface area (Å²) in [6.07, 6.45) is 8.75. The third-order valence-corrected chi connectivity index (χ3v) is 4.68. The maximum atomic E-state index is 5.73. The Bertz CT molecular complexity index is 742. The topological polar surface area (TPSA) is 69.1 Å². The second-order valence-corrected chi connectivity index (χ2v) is 5.79. The number of nitrogens with zero attached hydrogens (tertiary/aromatic N) is 4. The largest absolute Gasteiger partial charge is 0.402 e. The van der Waals surface area contributed by atoms with E-state index in [1.807, 2.05) is 30.5 Å². The summed E-state index contributed by atoms with van der Waals surface area (Å²) in [6.45, 7) is 6.13. The molecule has 0 spiro atoms. The molecule has 22 heavy (non-hydrogen) atoms. The van der Waals surface area contributed by atoms with Crippen LogP contribution in [0.1, 0.15) is 26.2 Å². The van der Waals surface area contributed by atoms with Crippen molar-refractivity contribution in [1.82, 2.24) is 15.0 Å². The summed E-state index contributed by atoms with van der Waals surface area (Å²) < 4.78 is 1.67. The number of allylic oxidation sites excluding steroid dienone is 1. The Morgan fingerprint density at radius 1 is 1.55 bits per heavy atom. The number of aromatic nitrogens is 3. The molecular weight excluding hydrogens is 274 g/mol. The molecule has 2 atom stereocenters. The van der Waals surface area contributed by atoms with Gasteiger partial charge in [-0.05, 0) is 42.7 Å². The van der Waals surface area contributed by atoms with Crippen LogP contribution in [0.4, 0.5) is 0 Å². The SMILES string of the molecule is C=CC1CC1(CC)CC=N/C(=C\N)n1nnc2ccccc21. The fraction of sp³-hybridized carbons (Fsp3) is 0.353. The van der Waals surface area contributed by atoms with E-state index in [-0.39, 0.29) is 0 Å². The Kier molecular flexibility index (Phi) is 3.79. The van der Waals surface area contributed by atoms with E-state index in [4.69, 9.17) is 5.73 Å². The van der Waals surface area contributed by atoms with Crippen LogP contribution in [0.15, 0.2) is 48.1 Å². The van der Waals surface area contributed by atoms with Crippen LogP contribution < -0.4 is 5.73 Å². The van der Waals surface area contributed by atoms with Crippen molar-refractivity contribution >= 4 is 23.1 Å². The van der Waals surface area contributed by atoms with Crippen LogP contribution in [0, 0.1) is 11.3 Å². The van der Waals surface area contributed by atoms with E-state index < -0.39 is 0 Å². The predicted molar refractivity (Wildman–Crippen MR) is 90.1 cm³/mol. The minimum Gasteiger partial charge on any atom is -0.402 e. The number of nitrogens with two attached hydrogens (primary N) is 1. The molecule has 0 amide bonds. The molecule has 0 aliphatic heterocycles. The molecule has 3 rings (SSSR count). The Morgan fingerprint density at radius 3 is 3.05 bits per heavy atom. The number of hydrogen-bond acceptors (Lipinski definition) is 4. The molecule has 1 aliphatic carbocycles. The second-order valence-electron chi connectivity index (χ2n) is 5.79. The lowest BCUT2D eigenvalue weighted by Gasteiger charge is -2.10. The van der Waals surface area contributed by atoms with E-state index in [1.54, 1.807) is 4.68 Å². The monoisotopic (exact) mass is 295 g/mol. The van der Waals surface area contributed by atoms with Crippen LogP contribution in [-0.4, -0.2) is 21.2 Å². The van der Waals surface area contributed by atoms with Crippen molar-refractivity contribution in [3.05, 3.63) is 43.1 Å². The average Bonchev–Trinajstić information content (AvgIpc) is 3.12. The van der Waals surface area contributed by atoms with Crippen molar-refractivity contribution in [3.63, 3.8) is 0 Å². The van der Waals surface area contributed by atoms with Gasteiger partial charge < -0.3 is 5.73 Å². The molecule has 1 saturated carbocycles. The van der Waals surface area contributed by atoms with Gasteiger partial charge in [0, 0.05) is 12.4 Å². The van der Waals surface area contributed by atoms with Crippen LogP contribution in [0.25, 0.3) is 16.9 Å². The molecule has 0 bridgehead atoms.